The summed E-state index contributed by atoms with van der Waals surface area (Å²) in [6, 6.07) is 0. The normalized spacial score (nSPS) is 44.9. The van der Waals surface area contributed by atoms with Gasteiger partial charge in [-0.2, -0.15) is 0 Å². The minimum Gasteiger partial charge on any atom is -0.393 e. The van der Waals surface area contributed by atoms with Gasteiger partial charge in [-0.15, -0.1) is 0 Å². The maximum Gasteiger partial charge on any atom is 0.0594 e. The second-order valence-electron chi connectivity index (χ2n) is 13.6. The van der Waals surface area contributed by atoms with Gasteiger partial charge in [-0.3, -0.25) is 0 Å². The van der Waals surface area contributed by atoms with Gasteiger partial charge in [-0.05, 0) is 117 Å². The molecule has 0 spiro atoms. The Morgan fingerprint density at radius 2 is 1.68 bits per heavy atom. The molecule has 0 heterocycles. The van der Waals surface area contributed by atoms with Crippen LogP contribution in [0.3, 0.4) is 0 Å². The highest BCUT2D eigenvalue weighted by molar-refractivity contribution is 5.38. The minimum absolute atomic E-state index is 0.0465. The lowest BCUT2D eigenvalue weighted by Gasteiger charge is -2.62. The molecule has 1 unspecified atom stereocenters. The molecule has 176 valence electrons. The van der Waals surface area contributed by atoms with Crippen LogP contribution in [0.2, 0.25) is 0 Å². The van der Waals surface area contributed by atoms with Gasteiger partial charge in [-0.1, -0.05) is 64.3 Å². The lowest BCUT2D eigenvalue weighted by Crippen LogP contribution is -2.55. The van der Waals surface area contributed by atoms with Crippen LogP contribution < -0.4 is 0 Å². The van der Waals surface area contributed by atoms with Crippen molar-refractivity contribution in [2.45, 2.75) is 126 Å². The minimum atomic E-state index is -0.130. The van der Waals surface area contributed by atoms with Crippen molar-refractivity contribution in [1.82, 2.24) is 0 Å². The third kappa shape index (κ3) is 3.34. The first kappa shape index (κ1) is 23.6. The highest BCUT2D eigenvalue weighted by Crippen LogP contribution is 2.72. The molecular weight excluding hydrogens is 376 g/mol. The molecule has 31 heavy (non-hydrogen) atoms. The predicted molar refractivity (Wildman–Crippen MR) is 133 cm³/mol. The average Bonchev–Trinajstić information content (AvgIpc) is 2.96. The lowest BCUT2D eigenvalue weighted by molar-refractivity contribution is -0.0962. The van der Waals surface area contributed by atoms with Crippen molar-refractivity contribution in [3.05, 3.63) is 22.8 Å². The lowest BCUT2D eigenvalue weighted by atomic mass is 9.43. The smallest absolute Gasteiger partial charge is 0.0594 e. The predicted octanol–water partition coefficient (Wildman–Crippen LogP) is 8.48. The molecule has 2 fully saturated rings. The molecule has 1 nitrogen and oxygen atoms in total. The summed E-state index contributed by atoms with van der Waals surface area (Å²) in [6.45, 7) is 19.6. The van der Waals surface area contributed by atoms with Crippen LogP contribution in [0.4, 0.5) is 0 Å². The Morgan fingerprint density at radius 3 is 2.35 bits per heavy atom. The van der Waals surface area contributed by atoms with Gasteiger partial charge in [0.15, 0.2) is 0 Å². The van der Waals surface area contributed by atoms with Crippen molar-refractivity contribution in [1.29, 1.82) is 0 Å². The first-order valence-electron chi connectivity index (χ1n) is 13.4. The molecule has 0 aromatic heterocycles. The summed E-state index contributed by atoms with van der Waals surface area (Å²) in [5.41, 5.74) is 6.41. The van der Waals surface area contributed by atoms with Crippen molar-refractivity contribution >= 4 is 0 Å². The number of aliphatic hydroxyl groups excluding tert-OH is 1. The Hall–Kier alpha value is -0.560. The molecule has 0 amide bonds. The standard InChI is InChI=1S/C30H50O/c1-20(2)10-9-11-21(3)22-14-18-30(8)24-12-13-25-27(4,5)26(31)16-17-28(25,6)23(24)15-19-29(22,30)7/h10,21-22,25-26,31H,9,11-19H2,1-8H3/t21-,22-,25?,26+,28-,29-,30+/m1/s1. The Kier molecular flexibility index (Phi) is 5.90. The Labute approximate surface area is 193 Å². The van der Waals surface area contributed by atoms with E-state index in [-0.39, 0.29) is 11.5 Å². The van der Waals surface area contributed by atoms with Crippen LogP contribution >= 0.6 is 0 Å². The zero-order valence-corrected chi connectivity index (χ0v) is 21.9. The number of hydrogen-bond acceptors (Lipinski definition) is 1. The van der Waals surface area contributed by atoms with E-state index in [0.717, 1.165) is 18.3 Å². The summed E-state index contributed by atoms with van der Waals surface area (Å²) in [5, 5.41) is 10.8. The van der Waals surface area contributed by atoms with Crippen LogP contribution in [0.1, 0.15) is 120 Å². The summed E-state index contributed by atoms with van der Waals surface area (Å²) in [7, 11) is 0. The molecule has 4 rings (SSSR count). The van der Waals surface area contributed by atoms with Crippen LogP contribution in [0, 0.1) is 39.4 Å². The molecule has 0 bridgehead atoms. The first-order chi connectivity index (χ1) is 14.4. The molecule has 0 aliphatic heterocycles. The van der Waals surface area contributed by atoms with Gasteiger partial charge in [0.05, 0.1) is 6.10 Å². The topological polar surface area (TPSA) is 20.2 Å². The van der Waals surface area contributed by atoms with E-state index >= 15 is 0 Å². The maximum atomic E-state index is 10.8. The third-order valence-electron chi connectivity index (χ3n) is 11.7. The van der Waals surface area contributed by atoms with E-state index in [4.69, 9.17) is 0 Å². The first-order valence-corrected chi connectivity index (χ1v) is 13.4. The highest BCUT2D eigenvalue weighted by atomic mass is 16.3. The van der Waals surface area contributed by atoms with Gasteiger partial charge in [0.2, 0.25) is 0 Å². The summed E-state index contributed by atoms with van der Waals surface area (Å²) in [5.74, 6) is 2.32. The van der Waals surface area contributed by atoms with Crippen molar-refractivity contribution in [3.63, 3.8) is 0 Å². The molecule has 0 saturated heterocycles. The number of hydrogen-bond donors (Lipinski definition) is 1. The van der Waals surface area contributed by atoms with Crippen LogP contribution in [0.25, 0.3) is 0 Å². The van der Waals surface area contributed by atoms with Crippen LogP contribution in [-0.2, 0) is 0 Å². The molecule has 0 aromatic rings. The van der Waals surface area contributed by atoms with Crippen molar-refractivity contribution in [2.24, 2.45) is 39.4 Å². The number of rotatable bonds is 4. The summed E-state index contributed by atoms with van der Waals surface area (Å²) < 4.78 is 0. The molecule has 2 saturated carbocycles. The van der Waals surface area contributed by atoms with E-state index in [1.807, 2.05) is 11.1 Å². The van der Waals surface area contributed by atoms with Gasteiger partial charge in [0.25, 0.3) is 0 Å². The van der Waals surface area contributed by atoms with Gasteiger partial charge < -0.3 is 5.11 Å². The number of fused-ring (bicyclic) bond motifs is 4. The quantitative estimate of drug-likeness (QED) is 0.447. The van der Waals surface area contributed by atoms with E-state index in [2.05, 4.69) is 61.5 Å². The van der Waals surface area contributed by atoms with Crippen molar-refractivity contribution in [2.75, 3.05) is 0 Å². The fraction of sp³-hybridized carbons (Fsp3) is 0.867. The van der Waals surface area contributed by atoms with Crippen molar-refractivity contribution < 1.29 is 5.11 Å². The second kappa shape index (κ2) is 7.75. The van der Waals surface area contributed by atoms with Gasteiger partial charge in [-0.25, -0.2) is 0 Å². The van der Waals surface area contributed by atoms with E-state index in [0.29, 0.717) is 22.2 Å². The molecule has 0 radical (unpaired) electrons. The molecule has 0 aromatic carbocycles. The largest absolute Gasteiger partial charge is 0.393 e. The van der Waals surface area contributed by atoms with Crippen LogP contribution in [0.5, 0.6) is 0 Å². The molecule has 4 aliphatic carbocycles. The zero-order valence-electron chi connectivity index (χ0n) is 21.9. The fourth-order valence-corrected chi connectivity index (χ4v) is 9.47. The molecule has 1 N–H and O–H groups in total. The molecule has 4 aliphatic rings. The Bertz CT molecular complexity index is 767. The number of allylic oxidation sites excluding steroid dienone is 4. The van der Waals surface area contributed by atoms with Crippen LogP contribution in [-0.4, -0.2) is 11.2 Å². The van der Waals surface area contributed by atoms with Gasteiger partial charge in [0, 0.05) is 0 Å². The van der Waals surface area contributed by atoms with E-state index in [1.54, 1.807) is 0 Å². The van der Waals surface area contributed by atoms with Gasteiger partial charge >= 0.3 is 0 Å². The second-order valence-corrected chi connectivity index (χ2v) is 13.6. The van der Waals surface area contributed by atoms with E-state index in [9.17, 15) is 5.11 Å². The fourth-order valence-electron chi connectivity index (χ4n) is 9.47. The highest BCUT2D eigenvalue weighted by Gasteiger charge is 2.63. The molecular formula is C30H50O. The average molecular weight is 427 g/mol. The van der Waals surface area contributed by atoms with Crippen LogP contribution in [0.15, 0.2) is 22.8 Å². The zero-order chi connectivity index (χ0) is 22.8. The maximum absolute atomic E-state index is 10.8. The molecule has 1 heteroatoms. The Balaban J connectivity index is 1.65. The Morgan fingerprint density at radius 1 is 0.968 bits per heavy atom. The summed E-state index contributed by atoms with van der Waals surface area (Å²) in [4.78, 5) is 0. The SMILES string of the molecule is CC(C)=CCC[C@@H](C)[C@H]1CC[C@@]2(C)C3=C(CC[C@]12C)[C@@]1(C)CC[C@H](O)C(C)(C)C1CC3. The summed E-state index contributed by atoms with van der Waals surface area (Å²) >= 11 is 0. The van der Waals surface area contributed by atoms with Crippen molar-refractivity contribution in [3.8, 4) is 0 Å². The monoisotopic (exact) mass is 426 g/mol. The molecule has 7 atom stereocenters. The van der Waals surface area contributed by atoms with E-state index in [1.165, 1.54) is 63.4 Å². The summed E-state index contributed by atoms with van der Waals surface area (Å²) in [6.07, 6.45) is 15.2. The van der Waals surface area contributed by atoms with E-state index < -0.39 is 0 Å². The van der Waals surface area contributed by atoms with Gasteiger partial charge in [0.1, 0.15) is 0 Å². The third-order valence-corrected chi connectivity index (χ3v) is 11.7. The number of aliphatic hydroxyl groups is 1.